The molecule has 0 radical (unpaired) electrons. The summed E-state index contributed by atoms with van der Waals surface area (Å²) in [5.74, 6) is 1.71. The molecule has 33 heavy (non-hydrogen) atoms. The third kappa shape index (κ3) is 4.21. The first kappa shape index (κ1) is 21.6. The van der Waals surface area contributed by atoms with Crippen LogP contribution in [-0.4, -0.2) is 48.1 Å². The molecule has 5 heterocycles. The van der Waals surface area contributed by atoms with Gasteiger partial charge in [-0.3, -0.25) is 9.78 Å². The fourth-order valence-electron chi connectivity index (χ4n) is 5.70. The molecule has 4 atom stereocenters. The number of carbonyl (C=O) groups excluding carboxylic acids is 1. The molecule has 7 nitrogen and oxygen atoms in total. The second-order valence-corrected chi connectivity index (χ2v) is 11.6. The molecule has 9 heteroatoms. The molecule has 0 aromatic carbocycles. The maximum atomic E-state index is 12.9. The second-order valence-electron chi connectivity index (χ2n) is 9.54. The predicted molar refractivity (Wildman–Crippen MR) is 135 cm³/mol. The summed E-state index contributed by atoms with van der Waals surface area (Å²) in [6.07, 6.45) is 7.54. The summed E-state index contributed by atoms with van der Waals surface area (Å²) in [5.41, 5.74) is 3.36. The Morgan fingerprint density at radius 2 is 2.09 bits per heavy atom. The van der Waals surface area contributed by atoms with Crippen LogP contribution in [-0.2, 0) is 11.2 Å². The number of thiophene rings is 1. The summed E-state index contributed by atoms with van der Waals surface area (Å²) < 4.78 is 1.12. The van der Waals surface area contributed by atoms with Crippen LogP contribution in [0.4, 0.5) is 5.00 Å². The highest BCUT2D eigenvalue weighted by molar-refractivity contribution is 7.23. The molecular formula is C24H30N6OS2. The van der Waals surface area contributed by atoms with E-state index in [1.54, 1.807) is 22.7 Å². The Hall–Kier alpha value is -1.91. The monoisotopic (exact) mass is 482 g/mol. The zero-order valence-corrected chi connectivity index (χ0v) is 20.5. The van der Waals surface area contributed by atoms with Gasteiger partial charge >= 0.3 is 0 Å². The first-order valence-corrected chi connectivity index (χ1v) is 13.6. The highest BCUT2D eigenvalue weighted by atomic mass is 32.1. The molecule has 1 aliphatic carbocycles. The van der Waals surface area contributed by atoms with Crippen molar-refractivity contribution in [2.75, 3.05) is 31.5 Å². The van der Waals surface area contributed by atoms with Crippen LogP contribution in [0.1, 0.15) is 42.7 Å². The maximum Gasteiger partial charge on any atom is 0.226 e. The SMILES string of the molecule is CC1NCCc2c1sc(NC(=O)CCNC1C[C@H]3CNC[C@H]3C1)c2-c1nc2cnccc2s1. The van der Waals surface area contributed by atoms with Gasteiger partial charge in [-0.15, -0.1) is 22.7 Å². The van der Waals surface area contributed by atoms with E-state index in [1.165, 1.54) is 23.3 Å². The lowest BCUT2D eigenvalue weighted by Gasteiger charge is -2.20. The van der Waals surface area contributed by atoms with Gasteiger partial charge in [-0.25, -0.2) is 4.98 Å². The average molecular weight is 483 g/mol. The highest BCUT2D eigenvalue weighted by Crippen LogP contribution is 2.46. The van der Waals surface area contributed by atoms with Crippen LogP contribution in [0, 0.1) is 11.8 Å². The molecule has 3 aromatic heterocycles. The first-order chi connectivity index (χ1) is 16.2. The van der Waals surface area contributed by atoms with Crippen molar-refractivity contribution in [3.8, 4) is 10.6 Å². The zero-order valence-electron chi connectivity index (χ0n) is 18.8. The van der Waals surface area contributed by atoms with Crippen molar-refractivity contribution in [2.24, 2.45) is 11.8 Å². The van der Waals surface area contributed by atoms with E-state index in [0.29, 0.717) is 12.5 Å². The van der Waals surface area contributed by atoms with Crippen LogP contribution in [0.25, 0.3) is 20.8 Å². The van der Waals surface area contributed by atoms with Crippen molar-refractivity contribution >= 4 is 43.8 Å². The number of anilines is 1. The van der Waals surface area contributed by atoms with Crippen molar-refractivity contribution in [1.82, 2.24) is 25.9 Å². The summed E-state index contributed by atoms with van der Waals surface area (Å²) in [5, 5.41) is 15.8. The largest absolute Gasteiger partial charge is 0.317 e. The van der Waals surface area contributed by atoms with E-state index in [0.717, 1.165) is 70.2 Å². The Balaban J connectivity index is 1.18. The molecule has 1 saturated heterocycles. The molecule has 3 aromatic rings. The summed E-state index contributed by atoms with van der Waals surface area (Å²) in [6.45, 7) is 6.19. The van der Waals surface area contributed by atoms with E-state index < -0.39 is 0 Å². The molecule has 1 amide bonds. The minimum absolute atomic E-state index is 0.0746. The second kappa shape index (κ2) is 9.03. The summed E-state index contributed by atoms with van der Waals surface area (Å²) in [7, 11) is 0. The number of aromatic nitrogens is 2. The molecule has 2 aliphatic heterocycles. The lowest BCUT2D eigenvalue weighted by molar-refractivity contribution is -0.116. The fourth-order valence-corrected chi connectivity index (χ4v) is 8.07. The molecule has 1 saturated carbocycles. The third-order valence-corrected chi connectivity index (χ3v) is 9.74. The number of hydrogen-bond donors (Lipinski definition) is 4. The van der Waals surface area contributed by atoms with Crippen LogP contribution in [0.2, 0.25) is 0 Å². The number of nitrogens with zero attached hydrogens (tertiary/aromatic N) is 2. The van der Waals surface area contributed by atoms with Gasteiger partial charge in [-0.2, -0.15) is 0 Å². The van der Waals surface area contributed by atoms with Crippen LogP contribution < -0.4 is 21.3 Å². The van der Waals surface area contributed by atoms with Crippen molar-refractivity contribution in [3.63, 3.8) is 0 Å². The van der Waals surface area contributed by atoms with Crippen LogP contribution in [0.3, 0.4) is 0 Å². The number of fused-ring (bicyclic) bond motifs is 3. The van der Waals surface area contributed by atoms with E-state index >= 15 is 0 Å². The van der Waals surface area contributed by atoms with E-state index in [2.05, 4.69) is 33.2 Å². The van der Waals surface area contributed by atoms with Crippen molar-refractivity contribution in [1.29, 1.82) is 0 Å². The van der Waals surface area contributed by atoms with Crippen LogP contribution in [0.15, 0.2) is 18.5 Å². The number of amides is 1. The Morgan fingerprint density at radius 3 is 2.91 bits per heavy atom. The number of pyridine rings is 1. The number of nitrogens with one attached hydrogen (secondary N) is 4. The first-order valence-electron chi connectivity index (χ1n) is 12.0. The zero-order chi connectivity index (χ0) is 22.4. The molecule has 2 fully saturated rings. The third-order valence-electron chi connectivity index (χ3n) is 7.35. The average Bonchev–Trinajstić information content (AvgIpc) is 3.55. The molecule has 6 rings (SSSR count). The lowest BCUT2D eigenvalue weighted by Crippen LogP contribution is -2.31. The summed E-state index contributed by atoms with van der Waals surface area (Å²) in [4.78, 5) is 23.3. The van der Waals surface area contributed by atoms with Crippen LogP contribution >= 0.6 is 22.7 Å². The van der Waals surface area contributed by atoms with E-state index in [-0.39, 0.29) is 11.9 Å². The van der Waals surface area contributed by atoms with Crippen LogP contribution in [0.5, 0.6) is 0 Å². The standard InChI is InChI=1S/C24H30N6OS2/c1-13-22-17(2-6-27-13)21(23-29-18-12-25-5-3-19(18)32-23)24(33-22)30-20(31)4-7-28-16-8-14-10-26-11-15(14)9-16/h3,5,12-16,26-28H,2,4,6-11H2,1H3,(H,30,31)/t13?,14-,15+,16?. The van der Waals surface area contributed by atoms with Gasteiger partial charge in [0.2, 0.25) is 5.91 Å². The maximum absolute atomic E-state index is 12.9. The molecule has 0 spiro atoms. The number of rotatable bonds is 6. The lowest BCUT2D eigenvalue weighted by atomic mass is 10.0. The Morgan fingerprint density at radius 1 is 1.24 bits per heavy atom. The van der Waals surface area contributed by atoms with E-state index in [1.807, 2.05) is 18.5 Å². The summed E-state index contributed by atoms with van der Waals surface area (Å²) in [6, 6.07) is 2.86. The van der Waals surface area contributed by atoms with Gasteiger partial charge in [0.25, 0.3) is 0 Å². The Bertz CT molecular complexity index is 1130. The van der Waals surface area contributed by atoms with Gasteiger partial charge in [0.15, 0.2) is 0 Å². The van der Waals surface area contributed by atoms with Gasteiger partial charge in [0, 0.05) is 41.7 Å². The van der Waals surface area contributed by atoms with Gasteiger partial charge in [-0.05, 0) is 69.3 Å². The fraction of sp³-hybridized carbons (Fsp3) is 0.542. The summed E-state index contributed by atoms with van der Waals surface area (Å²) >= 11 is 3.38. The van der Waals surface area contributed by atoms with Gasteiger partial charge < -0.3 is 21.3 Å². The number of carbonyl (C=O) groups is 1. The van der Waals surface area contributed by atoms with Crippen molar-refractivity contribution in [3.05, 3.63) is 28.9 Å². The van der Waals surface area contributed by atoms with E-state index in [9.17, 15) is 4.79 Å². The Kier molecular flexibility index (Phi) is 5.92. The molecule has 174 valence electrons. The number of hydrogen-bond acceptors (Lipinski definition) is 8. The Labute approximate surface area is 201 Å². The van der Waals surface area contributed by atoms with Gasteiger partial charge in [0.05, 0.1) is 10.9 Å². The van der Waals surface area contributed by atoms with Crippen molar-refractivity contribution in [2.45, 2.75) is 44.7 Å². The molecule has 2 unspecified atom stereocenters. The molecule has 4 N–H and O–H groups in total. The predicted octanol–water partition coefficient (Wildman–Crippen LogP) is 3.54. The molecule has 3 aliphatic rings. The smallest absolute Gasteiger partial charge is 0.226 e. The quantitative estimate of drug-likeness (QED) is 0.430. The topological polar surface area (TPSA) is 91.0 Å². The molecule has 0 bridgehead atoms. The molecular weight excluding hydrogens is 452 g/mol. The highest BCUT2D eigenvalue weighted by Gasteiger charge is 2.37. The van der Waals surface area contributed by atoms with Gasteiger partial charge in [0.1, 0.15) is 15.5 Å². The van der Waals surface area contributed by atoms with E-state index in [4.69, 9.17) is 4.98 Å². The van der Waals surface area contributed by atoms with Crippen molar-refractivity contribution < 1.29 is 4.79 Å². The minimum atomic E-state index is 0.0746. The minimum Gasteiger partial charge on any atom is -0.317 e. The van der Waals surface area contributed by atoms with Gasteiger partial charge in [-0.1, -0.05) is 0 Å². The normalized spacial score (nSPS) is 26.5. The number of thiazole rings is 1.